The van der Waals surface area contributed by atoms with Gasteiger partial charge in [-0.1, -0.05) is 37.1 Å². The average molecular weight is 888 g/mol. The number of amides is 2. The highest BCUT2D eigenvalue weighted by molar-refractivity contribution is 7.90. The van der Waals surface area contributed by atoms with Crippen LogP contribution in [0.4, 0.5) is 4.39 Å². The molecule has 9 rings (SSSR count). The number of fused-ring (bicyclic) bond motifs is 5. The van der Waals surface area contributed by atoms with Gasteiger partial charge >= 0.3 is 0 Å². The Labute approximate surface area is 371 Å². The van der Waals surface area contributed by atoms with Gasteiger partial charge in [-0.15, -0.1) is 0 Å². The number of carbonyl (C=O) groups excluding carboxylic acids is 3. The molecule has 64 heavy (non-hydrogen) atoms. The van der Waals surface area contributed by atoms with Gasteiger partial charge in [-0.25, -0.2) is 17.8 Å². The summed E-state index contributed by atoms with van der Waals surface area (Å²) >= 11 is 0. The van der Waals surface area contributed by atoms with Crippen molar-refractivity contribution in [2.24, 2.45) is 17.3 Å². The van der Waals surface area contributed by atoms with Gasteiger partial charge in [-0.05, 0) is 125 Å². The predicted molar refractivity (Wildman–Crippen MR) is 236 cm³/mol. The Morgan fingerprint density at radius 1 is 1.03 bits per heavy atom. The van der Waals surface area contributed by atoms with E-state index in [1.165, 1.54) is 18.2 Å². The Morgan fingerprint density at radius 3 is 2.55 bits per heavy atom. The van der Waals surface area contributed by atoms with E-state index in [0.717, 1.165) is 31.2 Å². The number of allylic oxidation sites excluding steroid dienone is 2. The van der Waals surface area contributed by atoms with Crippen LogP contribution in [0.15, 0.2) is 83.3 Å². The van der Waals surface area contributed by atoms with E-state index in [9.17, 15) is 27.7 Å². The van der Waals surface area contributed by atoms with Gasteiger partial charge < -0.3 is 18.8 Å². The zero-order valence-corrected chi connectivity index (χ0v) is 36.6. The number of ether oxygens (including phenoxy) is 2. The summed E-state index contributed by atoms with van der Waals surface area (Å²) < 4.78 is 61.8. The summed E-state index contributed by atoms with van der Waals surface area (Å²) in [7, 11) is -3.89. The predicted octanol–water partition coefficient (Wildman–Crippen LogP) is 8.14. The first-order valence-electron chi connectivity index (χ1n) is 22.2. The Hall–Kier alpha value is -6.14. The van der Waals surface area contributed by atoms with Gasteiger partial charge in [-0.3, -0.25) is 19.1 Å². The smallest absolute Gasteiger partial charge is 0.262 e. The molecular formula is C49H50FN5O8S. The molecule has 2 aliphatic carbocycles. The van der Waals surface area contributed by atoms with Crippen molar-refractivity contribution in [1.82, 2.24) is 19.6 Å². The molecule has 5 aromatic rings. The Morgan fingerprint density at radius 2 is 1.81 bits per heavy atom. The molecule has 0 unspecified atom stereocenters. The summed E-state index contributed by atoms with van der Waals surface area (Å²) in [5.41, 5.74) is 1.59. The SMILES string of the molecule is CC(C)Oc1ccc(-c2nc(O[C@@H]3C[C@H]4C(=O)C[C@]5(C(=O)NS(=O)(=O)C6CC6)C[C@@H]5/C=C\CCCCC[C@H](Cc5ccc(C#N)cc5)C(=O)N4C3)c3oc4ccc(F)cc4c3n2)cc1. The number of aromatic nitrogens is 2. The maximum atomic E-state index is 15.0. The third-order valence-electron chi connectivity index (χ3n) is 12.9. The van der Waals surface area contributed by atoms with E-state index in [2.05, 4.69) is 10.8 Å². The molecule has 2 aliphatic heterocycles. The fourth-order valence-corrected chi connectivity index (χ4v) is 10.6. The molecule has 4 heterocycles. The van der Waals surface area contributed by atoms with Gasteiger partial charge in [0.2, 0.25) is 27.4 Å². The lowest BCUT2D eigenvalue weighted by Gasteiger charge is -2.29. The molecule has 4 aliphatic rings. The zero-order valence-electron chi connectivity index (χ0n) is 35.8. The second kappa shape index (κ2) is 17.4. The number of ketones is 1. The lowest BCUT2D eigenvalue weighted by molar-refractivity contribution is -0.142. The van der Waals surface area contributed by atoms with Crippen LogP contribution in [-0.2, 0) is 30.8 Å². The van der Waals surface area contributed by atoms with E-state index < -0.39 is 50.5 Å². The van der Waals surface area contributed by atoms with Crippen LogP contribution < -0.4 is 14.2 Å². The summed E-state index contributed by atoms with van der Waals surface area (Å²) in [5, 5.41) is 9.21. The van der Waals surface area contributed by atoms with Crippen molar-refractivity contribution in [3.05, 3.63) is 95.8 Å². The van der Waals surface area contributed by atoms with Crippen molar-refractivity contribution in [2.45, 2.75) is 108 Å². The number of sulfonamides is 1. The highest BCUT2D eigenvalue weighted by atomic mass is 32.2. The fourth-order valence-electron chi connectivity index (χ4n) is 9.23. The Kier molecular flexibility index (Phi) is 11.8. The average Bonchev–Trinajstić information content (AvgIpc) is 4.18. The molecule has 332 valence electrons. The van der Waals surface area contributed by atoms with Crippen LogP contribution in [0.1, 0.15) is 89.2 Å². The monoisotopic (exact) mass is 887 g/mol. The molecule has 15 heteroatoms. The van der Waals surface area contributed by atoms with E-state index in [-0.39, 0.29) is 60.4 Å². The van der Waals surface area contributed by atoms with Crippen LogP contribution in [0.25, 0.3) is 33.5 Å². The summed E-state index contributed by atoms with van der Waals surface area (Å²) in [6, 6.07) is 19.6. The van der Waals surface area contributed by atoms with Crippen LogP contribution in [0.5, 0.6) is 11.6 Å². The lowest BCUT2D eigenvalue weighted by atomic mass is 9.90. The minimum absolute atomic E-state index is 0.00855. The summed E-state index contributed by atoms with van der Waals surface area (Å²) in [5.74, 6) is -1.63. The topological polar surface area (TPSA) is 182 Å². The summed E-state index contributed by atoms with van der Waals surface area (Å²) in [6.45, 7) is 3.87. The number of nitrogens with zero attached hydrogens (tertiary/aromatic N) is 4. The molecule has 3 fully saturated rings. The highest BCUT2D eigenvalue weighted by Gasteiger charge is 2.61. The molecular weight excluding hydrogens is 838 g/mol. The molecule has 5 atom stereocenters. The van der Waals surface area contributed by atoms with Crippen molar-refractivity contribution >= 4 is 49.7 Å². The molecule has 0 radical (unpaired) electrons. The number of carbonyl (C=O) groups is 3. The Bertz CT molecular complexity index is 2800. The van der Waals surface area contributed by atoms with Crippen LogP contribution in [0.3, 0.4) is 0 Å². The van der Waals surface area contributed by atoms with E-state index in [0.29, 0.717) is 65.5 Å². The van der Waals surface area contributed by atoms with Gasteiger partial charge in [0.25, 0.3) is 5.88 Å². The minimum atomic E-state index is -3.89. The number of hydrogen-bond acceptors (Lipinski definition) is 11. The van der Waals surface area contributed by atoms with Crippen molar-refractivity contribution < 1.29 is 41.1 Å². The Balaban J connectivity index is 1.07. The largest absolute Gasteiger partial charge is 0.491 e. The summed E-state index contributed by atoms with van der Waals surface area (Å²) in [6.07, 6.45) is 8.37. The molecule has 1 saturated heterocycles. The number of benzene rings is 3. The molecule has 13 nitrogen and oxygen atoms in total. The number of nitrogens with one attached hydrogen (secondary N) is 1. The molecule has 1 N–H and O–H groups in total. The third kappa shape index (κ3) is 8.98. The molecule has 0 spiro atoms. The van der Waals surface area contributed by atoms with E-state index in [1.807, 2.05) is 50.3 Å². The van der Waals surface area contributed by atoms with Crippen LogP contribution in [-0.4, -0.2) is 70.9 Å². The van der Waals surface area contributed by atoms with Gasteiger partial charge in [0.1, 0.15) is 28.8 Å². The second-order valence-corrected chi connectivity index (χ2v) is 20.0. The number of furan rings is 1. The van der Waals surface area contributed by atoms with Crippen molar-refractivity contribution in [2.75, 3.05) is 6.54 Å². The van der Waals surface area contributed by atoms with Gasteiger partial charge in [-0.2, -0.15) is 10.2 Å². The molecule has 2 aromatic heterocycles. The highest BCUT2D eigenvalue weighted by Crippen LogP contribution is 2.57. The number of nitriles is 1. The summed E-state index contributed by atoms with van der Waals surface area (Å²) in [4.78, 5) is 55.0. The van der Waals surface area contributed by atoms with Gasteiger partial charge in [0.15, 0.2) is 11.6 Å². The van der Waals surface area contributed by atoms with Crippen molar-refractivity contribution in [1.29, 1.82) is 5.26 Å². The quantitative estimate of drug-likeness (QED) is 0.134. The van der Waals surface area contributed by atoms with Crippen LogP contribution in [0.2, 0.25) is 0 Å². The molecule has 0 bridgehead atoms. The normalized spacial score (nSPS) is 24.6. The first kappa shape index (κ1) is 43.1. The van der Waals surface area contributed by atoms with Crippen molar-refractivity contribution in [3.8, 4) is 29.1 Å². The van der Waals surface area contributed by atoms with E-state index in [1.54, 1.807) is 29.2 Å². The van der Waals surface area contributed by atoms with Crippen LogP contribution in [0, 0.1) is 34.4 Å². The maximum Gasteiger partial charge on any atom is 0.262 e. The molecule has 3 aromatic carbocycles. The van der Waals surface area contributed by atoms with Gasteiger partial charge in [0, 0.05) is 29.7 Å². The van der Waals surface area contributed by atoms with E-state index in [4.69, 9.17) is 23.9 Å². The fraction of sp³-hybridized carbons (Fsp3) is 0.429. The molecule has 2 saturated carbocycles. The number of hydrogen-bond donors (Lipinski definition) is 1. The lowest BCUT2D eigenvalue weighted by Crippen LogP contribution is -2.46. The van der Waals surface area contributed by atoms with E-state index >= 15 is 4.79 Å². The number of Topliss-reactive ketones (excluding diaryl/α,β-unsaturated/α-hetero) is 1. The van der Waals surface area contributed by atoms with Gasteiger partial charge in [0.05, 0.1) is 41.0 Å². The maximum absolute atomic E-state index is 15.0. The standard InChI is InChI=1S/C49H50FN5O8S/c1-29(2)61-36-17-14-32(15-18-36)45-52-43-39-23-35(50)16-21-42(39)63-44(43)46(53-45)62-37-24-40-41(56)26-49(48(58)54-64(59,60)38-19-20-38)25-34(49)9-7-5-3-4-6-8-33(47(57)55(40)28-37)22-30-10-12-31(27-51)13-11-30/h7,9-18,21,23,29,33-34,37-38,40H,3-6,8,19-20,22,24-26,28H2,1-2H3,(H,54,58)/b9-7-/t33-,34+,37-,40+,49-/m1/s1. The molecule has 2 amide bonds. The first-order valence-corrected chi connectivity index (χ1v) is 23.7. The number of rotatable bonds is 10. The third-order valence-corrected chi connectivity index (χ3v) is 14.7. The van der Waals surface area contributed by atoms with Crippen molar-refractivity contribution in [3.63, 3.8) is 0 Å². The second-order valence-electron chi connectivity index (χ2n) is 18.0. The zero-order chi connectivity index (χ0) is 44.8. The minimum Gasteiger partial charge on any atom is -0.491 e. The first-order chi connectivity index (χ1) is 30.8. The van der Waals surface area contributed by atoms with Crippen LogP contribution >= 0.6 is 0 Å². The number of halogens is 1.